The number of amides is 1. The van der Waals surface area contributed by atoms with E-state index in [9.17, 15) is 9.90 Å². The van der Waals surface area contributed by atoms with Gasteiger partial charge in [0, 0.05) is 51.0 Å². The Kier molecular flexibility index (Phi) is 10.2. The predicted octanol–water partition coefficient (Wildman–Crippen LogP) is 5.64. The molecule has 3 saturated heterocycles. The fraction of sp³-hybridized carbons (Fsp3) is 0.417. The van der Waals surface area contributed by atoms with E-state index in [0.717, 1.165) is 72.3 Å². The molecule has 0 aromatic heterocycles. The van der Waals surface area contributed by atoms with E-state index in [-0.39, 0.29) is 25.4 Å². The molecule has 6 rings (SSSR count). The molecule has 3 aromatic rings. The van der Waals surface area contributed by atoms with Gasteiger partial charge in [-0.2, -0.15) is 0 Å². The summed E-state index contributed by atoms with van der Waals surface area (Å²) in [7, 11) is 0. The number of aliphatic hydroxyl groups excluding tert-OH is 1. The van der Waals surface area contributed by atoms with Gasteiger partial charge in [0.1, 0.15) is 6.61 Å². The lowest BCUT2D eigenvalue weighted by atomic mass is 9.98. The largest absolute Gasteiger partial charge is 0.445 e. The van der Waals surface area contributed by atoms with Crippen LogP contribution in [-0.2, 0) is 36.8 Å². The molecule has 3 atom stereocenters. The molecule has 3 fully saturated rings. The third-order valence-corrected chi connectivity index (χ3v) is 8.72. The second-order valence-corrected chi connectivity index (χ2v) is 11.8. The topological polar surface area (TPSA) is 98.7 Å². The minimum absolute atomic E-state index is 0.0120. The first-order valence-electron chi connectivity index (χ1n) is 15.7. The van der Waals surface area contributed by atoms with Crippen LogP contribution >= 0.6 is 0 Å². The summed E-state index contributed by atoms with van der Waals surface area (Å²) in [6.45, 7) is 8.08. The number of carbonyl (C=O) groups is 1. The number of nitrogens with zero attached hydrogens (tertiary/aromatic N) is 1. The van der Waals surface area contributed by atoms with Crippen molar-refractivity contribution in [1.29, 1.82) is 0 Å². The van der Waals surface area contributed by atoms with E-state index in [1.807, 2.05) is 36.4 Å². The molecular weight excluding hydrogens is 572 g/mol. The van der Waals surface area contributed by atoms with Gasteiger partial charge in [0.25, 0.3) is 0 Å². The van der Waals surface area contributed by atoms with E-state index in [4.69, 9.17) is 23.7 Å². The highest BCUT2D eigenvalue weighted by Gasteiger charge is 2.41. The molecule has 2 N–H and O–H groups in total. The zero-order valence-electron chi connectivity index (χ0n) is 25.6. The lowest BCUT2D eigenvalue weighted by Crippen LogP contribution is -2.48. The second kappa shape index (κ2) is 14.7. The molecule has 3 aromatic carbocycles. The Morgan fingerprint density at radius 3 is 2.40 bits per heavy atom. The molecule has 3 unspecified atom stereocenters. The van der Waals surface area contributed by atoms with Crippen LogP contribution in [0.15, 0.2) is 85.5 Å². The van der Waals surface area contributed by atoms with Crippen molar-refractivity contribution in [1.82, 2.24) is 10.2 Å². The standard InChI is InChI=1S/C36H42N2O7/c1-2-18-41-35(40)37-23-27-4-3-5-31(21-27)28-10-12-30(13-11-28)34-44-32(22-33(45-34)29-8-6-26(25-39)7-9-29)24-38-16-14-36(15-17-38)42-19-20-43-36/h2-13,21,32-34,39H,1,14-20,22-25H2,(H,37,40). The monoisotopic (exact) mass is 614 g/mol. The molecule has 9 heteroatoms. The molecule has 0 bridgehead atoms. The van der Waals surface area contributed by atoms with E-state index in [1.54, 1.807) is 0 Å². The lowest BCUT2D eigenvalue weighted by Gasteiger charge is -2.41. The maximum Gasteiger partial charge on any atom is 0.407 e. The molecule has 3 aliphatic heterocycles. The van der Waals surface area contributed by atoms with E-state index in [0.29, 0.717) is 19.8 Å². The van der Waals surface area contributed by atoms with Crippen molar-refractivity contribution in [3.63, 3.8) is 0 Å². The summed E-state index contributed by atoms with van der Waals surface area (Å²) in [4.78, 5) is 14.3. The Balaban J connectivity index is 1.14. The van der Waals surface area contributed by atoms with Gasteiger partial charge in [0.05, 0.1) is 32.0 Å². The van der Waals surface area contributed by atoms with Crippen molar-refractivity contribution >= 4 is 6.09 Å². The highest BCUT2D eigenvalue weighted by atomic mass is 16.7. The first-order chi connectivity index (χ1) is 22.0. The van der Waals surface area contributed by atoms with Gasteiger partial charge in [-0.05, 0) is 33.9 Å². The molecule has 9 nitrogen and oxygen atoms in total. The van der Waals surface area contributed by atoms with Crippen molar-refractivity contribution < 1.29 is 33.6 Å². The molecule has 1 spiro atoms. The minimum atomic E-state index is -0.518. The molecule has 1 amide bonds. The molecule has 3 aliphatic rings. The Hall–Kier alpha value is -3.57. The van der Waals surface area contributed by atoms with Crippen LogP contribution in [0.5, 0.6) is 0 Å². The van der Waals surface area contributed by atoms with Gasteiger partial charge in [-0.1, -0.05) is 79.4 Å². The van der Waals surface area contributed by atoms with Crippen LogP contribution in [0.4, 0.5) is 4.79 Å². The molecule has 45 heavy (non-hydrogen) atoms. The predicted molar refractivity (Wildman–Crippen MR) is 169 cm³/mol. The summed E-state index contributed by atoms with van der Waals surface area (Å²) in [5.74, 6) is -0.401. The van der Waals surface area contributed by atoms with Crippen molar-refractivity contribution in [3.8, 4) is 11.1 Å². The van der Waals surface area contributed by atoms with E-state index in [1.165, 1.54) is 6.08 Å². The molecule has 0 radical (unpaired) electrons. The van der Waals surface area contributed by atoms with Crippen LogP contribution in [0.2, 0.25) is 0 Å². The lowest BCUT2D eigenvalue weighted by molar-refractivity contribution is -0.255. The average Bonchev–Trinajstić information content (AvgIpc) is 3.55. The summed E-state index contributed by atoms with van der Waals surface area (Å²) in [6.07, 6.45) is 2.86. The third kappa shape index (κ3) is 7.99. The van der Waals surface area contributed by atoms with Gasteiger partial charge in [0.2, 0.25) is 0 Å². The smallest absolute Gasteiger partial charge is 0.407 e. The maximum absolute atomic E-state index is 11.8. The van der Waals surface area contributed by atoms with E-state index in [2.05, 4.69) is 53.2 Å². The van der Waals surface area contributed by atoms with Crippen molar-refractivity contribution in [2.75, 3.05) is 39.5 Å². The van der Waals surface area contributed by atoms with Gasteiger partial charge >= 0.3 is 6.09 Å². The fourth-order valence-corrected chi connectivity index (χ4v) is 6.24. The molecule has 0 aliphatic carbocycles. The molecule has 238 valence electrons. The van der Waals surface area contributed by atoms with Gasteiger partial charge in [-0.3, -0.25) is 0 Å². The SMILES string of the molecule is C=CCOC(=O)NCc1cccc(-c2ccc(C3OC(CN4CCC5(CC4)OCCO5)CC(c4ccc(CO)cc4)O3)cc2)c1. The normalized spacial score (nSPS) is 23.1. The Bertz CT molecular complexity index is 1410. The van der Waals surface area contributed by atoms with Crippen molar-refractivity contribution in [3.05, 3.63) is 108 Å². The van der Waals surface area contributed by atoms with Gasteiger partial charge in [-0.25, -0.2) is 4.79 Å². The van der Waals surface area contributed by atoms with E-state index < -0.39 is 18.2 Å². The number of piperidine rings is 1. The summed E-state index contributed by atoms with van der Waals surface area (Å²) in [5, 5.41) is 12.3. The minimum Gasteiger partial charge on any atom is -0.445 e. The second-order valence-electron chi connectivity index (χ2n) is 11.8. The van der Waals surface area contributed by atoms with Crippen LogP contribution in [0.3, 0.4) is 0 Å². The summed E-state index contributed by atoms with van der Waals surface area (Å²) >= 11 is 0. The van der Waals surface area contributed by atoms with Crippen LogP contribution < -0.4 is 5.32 Å². The number of nitrogens with one attached hydrogen (secondary N) is 1. The summed E-state index contributed by atoms with van der Waals surface area (Å²) < 4.78 is 30.0. The summed E-state index contributed by atoms with van der Waals surface area (Å²) in [5.41, 5.74) is 5.97. The van der Waals surface area contributed by atoms with Gasteiger partial charge in [0.15, 0.2) is 12.1 Å². The maximum atomic E-state index is 11.8. The molecular formula is C36H42N2O7. The number of carbonyl (C=O) groups excluding carboxylic acids is 1. The Morgan fingerprint density at radius 2 is 1.69 bits per heavy atom. The highest BCUT2D eigenvalue weighted by molar-refractivity contribution is 5.68. The number of ether oxygens (including phenoxy) is 5. The van der Waals surface area contributed by atoms with E-state index >= 15 is 0 Å². The van der Waals surface area contributed by atoms with Gasteiger partial charge < -0.3 is 39.0 Å². The summed E-state index contributed by atoms with van der Waals surface area (Å²) in [6, 6.07) is 24.3. The van der Waals surface area contributed by atoms with Crippen molar-refractivity contribution in [2.45, 2.75) is 56.7 Å². The number of aliphatic hydroxyl groups is 1. The number of rotatable bonds is 10. The van der Waals surface area contributed by atoms with Gasteiger partial charge in [-0.15, -0.1) is 0 Å². The third-order valence-electron chi connectivity index (χ3n) is 8.72. The van der Waals surface area contributed by atoms with Crippen LogP contribution in [0.1, 0.15) is 53.9 Å². The fourth-order valence-electron chi connectivity index (χ4n) is 6.24. The number of alkyl carbamates (subject to hydrolysis) is 1. The number of likely N-dealkylation sites (tertiary alicyclic amines) is 1. The highest BCUT2D eigenvalue weighted by Crippen LogP contribution is 2.39. The first kappa shape index (κ1) is 31.4. The average molecular weight is 615 g/mol. The Labute approximate surface area is 264 Å². The zero-order chi connectivity index (χ0) is 31.1. The zero-order valence-corrected chi connectivity index (χ0v) is 25.6. The number of hydrogen-bond acceptors (Lipinski definition) is 8. The number of benzene rings is 3. The van der Waals surface area contributed by atoms with Crippen LogP contribution in [0, 0.1) is 0 Å². The molecule has 3 heterocycles. The Morgan fingerprint density at radius 1 is 0.956 bits per heavy atom. The quantitative estimate of drug-likeness (QED) is 0.283. The van der Waals surface area contributed by atoms with Crippen LogP contribution in [-0.4, -0.2) is 67.4 Å². The van der Waals surface area contributed by atoms with Crippen LogP contribution in [0.25, 0.3) is 11.1 Å². The first-order valence-corrected chi connectivity index (χ1v) is 15.7. The van der Waals surface area contributed by atoms with Crippen molar-refractivity contribution in [2.24, 2.45) is 0 Å². The molecule has 0 saturated carbocycles. The number of hydrogen-bond donors (Lipinski definition) is 2.